The van der Waals surface area contributed by atoms with E-state index in [0.29, 0.717) is 5.57 Å². The molecule has 0 saturated heterocycles. The number of rotatable bonds is 8. The van der Waals surface area contributed by atoms with E-state index in [4.69, 9.17) is 16.8 Å². The van der Waals surface area contributed by atoms with Crippen LogP contribution in [0, 0.1) is 0 Å². The third-order valence-electron chi connectivity index (χ3n) is 1.71. The van der Waals surface area contributed by atoms with Crippen LogP contribution in [0.5, 0.6) is 0 Å². The normalized spacial score (nSPS) is 12.3. The molecule has 0 aromatic carbocycles. The average Bonchev–Trinajstić information content (AvgIpc) is 2.12. The molecule has 0 aromatic heterocycles. The van der Waals surface area contributed by atoms with Crippen molar-refractivity contribution in [1.82, 2.24) is 0 Å². The van der Waals surface area contributed by atoms with Gasteiger partial charge in [0.05, 0.1) is 0 Å². The Labute approximate surface area is 122 Å². The van der Waals surface area contributed by atoms with Gasteiger partial charge >= 0.3 is 15.0 Å². The molecule has 112 valence electrons. The molecule has 0 radical (unpaired) electrons. The van der Waals surface area contributed by atoms with Gasteiger partial charge in [0.1, 0.15) is 0 Å². The van der Waals surface area contributed by atoms with Crippen LogP contribution in [0.25, 0.3) is 0 Å². The fourth-order valence-electron chi connectivity index (χ4n) is 1.22. The summed E-state index contributed by atoms with van der Waals surface area (Å²) in [7, 11) is -7.70. The monoisotopic (exact) mass is 338 g/mol. The van der Waals surface area contributed by atoms with Crippen molar-refractivity contribution in [3.8, 4) is 0 Å². The molecule has 0 aliphatic heterocycles. The minimum absolute atomic E-state index is 0.328. The number of carbonyl (C=O) groups excluding carboxylic acids is 1. The molecular weight excluding hydrogens is 312 g/mol. The van der Waals surface area contributed by atoms with E-state index >= 15 is 0 Å². The lowest BCUT2D eigenvalue weighted by Gasteiger charge is -2.32. The Morgan fingerprint density at radius 2 is 1.21 bits per heavy atom. The zero-order valence-corrected chi connectivity index (χ0v) is 17.4. The maximum atomic E-state index is 11.8. The molecule has 9 heteroatoms. The quantitative estimate of drug-likeness (QED) is 0.496. The first kappa shape index (κ1) is 19.0. The van der Waals surface area contributed by atoms with Crippen LogP contribution in [-0.2, 0) is 21.6 Å². The Morgan fingerprint density at radius 1 is 0.895 bits per heavy atom. The molecule has 0 N–H and O–H groups in total. The smallest absolute Gasteiger partial charge is 0.450 e. The Morgan fingerprint density at radius 3 is 1.42 bits per heavy atom. The van der Waals surface area contributed by atoms with E-state index in [1.54, 1.807) is 6.92 Å². The summed E-state index contributed by atoms with van der Waals surface area (Å²) in [6.07, 6.45) is 0. The maximum Gasteiger partial charge on any atom is 0.719 e. The lowest BCUT2D eigenvalue weighted by molar-refractivity contribution is -0.135. The fourth-order valence-corrected chi connectivity index (χ4v) is 11.3. The Balaban J connectivity index is 5.20. The van der Waals surface area contributed by atoms with Crippen molar-refractivity contribution in [3.63, 3.8) is 0 Å². The van der Waals surface area contributed by atoms with Crippen LogP contribution in [0.4, 0.5) is 0 Å². The van der Waals surface area contributed by atoms with Gasteiger partial charge in [0.25, 0.3) is 0 Å². The van der Waals surface area contributed by atoms with Crippen molar-refractivity contribution in [1.29, 1.82) is 0 Å². The molecule has 0 saturated carbocycles. The van der Waals surface area contributed by atoms with Gasteiger partial charge in [-0.05, 0) is 46.2 Å². The average molecular weight is 339 g/mol. The number of hydrogen-bond donors (Lipinski definition) is 0. The molecule has 5 nitrogen and oxygen atoms in total. The van der Waals surface area contributed by atoms with Gasteiger partial charge < -0.3 is 16.8 Å². The molecule has 19 heavy (non-hydrogen) atoms. The zero-order chi connectivity index (χ0) is 15.2. The first-order valence-corrected chi connectivity index (χ1v) is 16.5. The summed E-state index contributed by atoms with van der Waals surface area (Å²) in [4.78, 5) is 11.8. The molecule has 0 rings (SSSR count). The summed E-state index contributed by atoms with van der Waals surface area (Å²) < 4.78 is 23.2. The second-order valence-electron chi connectivity index (χ2n) is 5.17. The SMILES string of the molecule is C=C(C)C(=O)O[Si](O[SiH](C)C)(O[SiH](C)C)O[SiH](C)C. The van der Waals surface area contributed by atoms with Crippen molar-refractivity contribution in [2.45, 2.75) is 46.2 Å². The van der Waals surface area contributed by atoms with Crippen LogP contribution in [0.3, 0.4) is 0 Å². The van der Waals surface area contributed by atoms with E-state index in [-0.39, 0.29) is 0 Å². The summed E-state index contributed by atoms with van der Waals surface area (Å²) in [5.74, 6) is -0.495. The molecule has 0 aliphatic rings. The number of hydrogen-bond acceptors (Lipinski definition) is 5. The third-order valence-corrected chi connectivity index (χ3v) is 11.3. The van der Waals surface area contributed by atoms with Crippen LogP contribution in [0.1, 0.15) is 6.92 Å². The second kappa shape index (κ2) is 8.29. The molecule has 0 heterocycles. The van der Waals surface area contributed by atoms with Gasteiger partial charge in [-0.2, -0.15) is 0 Å². The first-order valence-electron chi connectivity index (χ1n) is 6.50. The molecule has 0 aromatic rings. The van der Waals surface area contributed by atoms with E-state index in [1.165, 1.54) is 0 Å². The molecule has 0 atom stereocenters. The number of carbonyl (C=O) groups is 1. The van der Waals surface area contributed by atoms with Crippen LogP contribution in [0.15, 0.2) is 12.2 Å². The molecule has 0 bridgehead atoms. The van der Waals surface area contributed by atoms with Crippen molar-refractivity contribution >= 4 is 42.1 Å². The minimum atomic E-state index is -3.34. The van der Waals surface area contributed by atoms with Crippen molar-refractivity contribution < 1.29 is 21.6 Å². The predicted molar refractivity (Wildman–Crippen MR) is 86.5 cm³/mol. The van der Waals surface area contributed by atoms with Gasteiger partial charge in [0.15, 0.2) is 27.1 Å². The van der Waals surface area contributed by atoms with E-state index in [9.17, 15) is 4.79 Å². The largest absolute Gasteiger partial charge is 0.719 e. The lowest BCUT2D eigenvalue weighted by Crippen LogP contribution is -2.56. The molecule has 0 amide bonds. The van der Waals surface area contributed by atoms with Gasteiger partial charge in [-0.3, -0.25) is 0 Å². The van der Waals surface area contributed by atoms with Crippen LogP contribution in [-0.4, -0.2) is 42.1 Å². The van der Waals surface area contributed by atoms with E-state index in [1.807, 2.05) is 39.3 Å². The van der Waals surface area contributed by atoms with Crippen molar-refractivity contribution in [2.75, 3.05) is 0 Å². The van der Waals surface area contributed by atoms with Gasteiger partial charge in [-0.1, -0.05) is 6.58 Å². The van der Waals surface area contributed by atoms with E-state index < -0.39 is 42.1 Å². The topological polar surface area (TPSA) is 54.0 Å². The zero-order valence-electron chi connectivity index (χ0n) is 13.0. The van der Waals surface area contributed by atoms with Crippen molar-refractivity contribution in [3.05, 3.63) is 12.2 Å². The third kappa shape index (κ3) is 7.97. The molecular formula is C10H26O5Si4. The van der Waals surface area contributed by atoms with Crippen LogP contribution < -0.4 is 0 Å². The highest BCUT2D eigenvalue weighted by atomic mass is 28.5. The van der Waals surface area contributed by atoms with Crippen LogP contribution in [0.2, 0.25) is 39.3 Å². The fraction of sp³-hybridized carbons (Fsp3) is 0.700. The molecule has 0 aliphatic carbocycles. The van der Waals surface area contributed by atoms with Crippen molar-refractivity contribution in [2.24, 2.45) is 0 Å². The standard InChI is InChI=1S/C10H26O5Si4/c1-9(2)10(11)12-19(13-16(3)4,14-17(5)6)15-18(7)8/h16-18H,1H2,2-8H3. The maximum absolute atomic E-state index is 11.8. The van der Waals surface area contributed by atoms with Gasteiger partial charge in [0, 0.05) is 5.57 Å². The highest BCUT2D eigenvalue weighted by Crippen LogP contribution is 2.18. The predicted octanol–water partition coefficient (Wildman–Crippen LogP) is 1.54. The second-order valence-corrected chi connectivity index (χ2v) is 15.5. The molecule has 0 fully saturated rings. The highest BCUT2D eigenvalue weighted by molar-refractivity contribution is 6.77. The molecule has 0 spiro atoms. The Bertz CT molecular complexity index is 293. The van der Waals surface area contributed by atoms with Gasteiger partial charge in [0.2, 0.25) is 0 Å². The molecule has 0 unspecified atom stereocenters. The lowest BCUT2D eigenvalue weighted by atomic mass is 10.4. The highest BCUT2D eigenvalue weighted by Gasteiger charge is 2.51. The summed E-state index contributed by atoms with van der Waals surface area (Å²) >= 11 is 0. The minimum Gasteiger partial charge on any atom is -0.450 e. The summed E-state index contributed by atoms with van der Waals surface area (Å²) in [6, 6.07) is 0. The first-order chi connectivity index (χ1) is 8.58. The van der Waals surface area contributed by atoms with E-state index in [2.05, 4.69) is 6.58 Å². The summed E-state index contributed by atoms with van der Waals surface area (Å²) in [5.41, 5.74) is 0.328. The van der Waals surface area contributed by atoms with Crippen LogP contribution >= 0.6 is 0 Å². The summed E-state index contributed by atoms with van der Waals surface area (Å²) in [6.45, 7) is 17.2. The summed E-state index contributed by atoms with van der Waals surface area (Å²) in [5, 5.41) is 0. The van der Waals surface area contributed by atoms with Gasteiger partial charge in [-0.25, -0.2) is 4.79 Å². The van der Waals surface area contributed by atoms with E-state index in [0.717, 1.165) is 0 Å². The Hall–Kier alpha value is -0.0425. The van der Waals surface area contributed by atoms with Gasteiger partial charge in [-0.15, -0.1) is 0 Å². The Kier molecular flexibility index (Phi) is 8.27.